The predicted octanol–water partition coefficient (Wildman–Crippen LogP) is 2.52. The van der Waals surface area contributed by atoms with Gasteiger partial charge in [-0.3, -0.25) is 4.40 Å². The SMILES string of the molecule is Cc1nc(C2CCCCN2)c2sccn12. The molecule has 3 heterocycles. The molecule has 80 valence electrons. The van der Waals surface area contributed by atoms with Crippen LogP contribution in [0.1, 0.15) is 36.8 Å². The Morgan fingerprint density at radius 2 is 2.47 bits per heavy atom. The van der Waals surface area contributed by atoms with Crippen LogP contribution >= 0.6 is 11.3 Å². The zero-order valence-corrected chi connectivity index (χ0v) is 9.68. The fourth-order valence-electron chi connectivity index (χ4n) is 2.31. The highest BCUT2D eigenvalue weighted by Gasteiger charge is 2.21. The lowest BCUT2D eigenvalue weighted by Gasteiger charge is -2.21. The molecule has 1 N–H and O–H groups in total. The average molecular weight is 221 g/mol. The molecule has 3 nitrogen and oxygen atoms in total. The summed E-state index contributed by atoms with van der Waals surface area (Å²) in [5, 5.41) is 5.70. The van der Waals surface area contributed by atoms with E-state index in [1.165, 1.54) is 29.8 Å². The molecule has 0 aliphatic carbocycles. The molecule has 1 unspecified atom stereocenters. The smallest absolute Gasteiger partial charge is 0.124 e. The van der Waals surface area contributed by atoms with Gasteiger partial charge in [-0.2, -0.15) is 0 Å². The highest BCUT2D eigenvalue weighted by atomic mass is 32.1. The Kier molecular flexibility index (Phi) is 2.25. The van der Waals surface area contributed by atoms with Crippen molar-refractivity contribution in [3.63, 3.8) is 0 Å². The normalized spacial score (nSPS) is 22.3. The van der Waals surface area contributed by atoms with Crippen LogP contribution < -0.4 is 5.32 Å². The van der Waals surface area contributed by atoms with Crippen LogP contribution in [-0.4, -0.2) is 15.9 Å². The van der Waals surface area contributed by atoms with Crippen molar-refractivity contribution in [2.24, 2.45) is 0 Å². The van der Waals surface area contributed by atoms with E-state index in [4.69, 9.17) is 0 Å². The van der Waals surface area contributed by atoms with E-state index in [2.05, 4.69) is 33.2 Å². The number of hydrogen-bond donors (Lipinski definition) is 1. The molecule has 1 atom stereocenters. The molecule has 15 heavy (non-hydrogen) atoms. The minimum Gasteiger partial charge on any atom is -0.309 e. The van der Waals surface area contributed by atoms with Gasteiger partial charge in [-0.1, -0.05) is 6.42 Å². The summed E-state index contributed by atoms with van der Waals surface area (Å²) in [7, 11) is 0. The number of aryl methyl sites for hydroxylation is 1. The first-order chi connectivity index (χ1) is 7.36. The Morgan fingerprint density at radius 1 is 1.53 bits per heavy atom. The van der Waals surface area contributed by atoms with Crippen molar-refractivity contribution >= 4 is 16.2 Å². The van der Waals surface area contributed by atoms with Crippen molar-refractivity contribution in [3.05, 3.63) is 23.1 Å². The monoisotopic (exact) mass is 221 g/mol. The van der Waals surface area contributed by atoms with Gasteiger partial charge in [0.1, 0.15) is 10.7 Å². The summed E-state index contributed by atoms with van der Waals surface area (Å²) in [6.45, 7) is 3.21. The fraction of sp³-hybridized carbons (Fsp3) is 0.545. The van der Waals surface area contributed by atoms with Crippen LogP contribution in [0, 0.1) is 6.92 Å². The zero-order valence-electron chi connectivity index (χ0n) is 8.86. The zero-order chi connectivity index (χ0) is 10.3. The van der Waals surface area contributed by atoms with Crippen molar-refractivity contribution < 1.29 is 0 Å². The van der Waals surface area contributed by atoms with Gasteiger partial charge in [0, 0.05) is 11.6 Å². The molecule has 0 aromatic carbocycles. The second-order valence-corrected chi connectivity index (χ2v) is 5.02. The van der Waals surface area contributed by atoms with E-state index < -0.39 is 0 Å². The molecular weight excluding hydrogens is 206 g/mol. The van der Waals surface area contributed by atoms with Crippen molar-refractivity contribution in [2.75, 3.05) is 6.54 Å². The summed E-state index contributed by atoms with van der Waals surface area (Å²) >= 11 is 1.79. The van der Waals surface area contributed by atoms with Crippen molar-refractivity contribution in [1.29, 1.82) is 0 Å². The quantitative estimate of drug-likeness (QED) is 0.801. The average Bonchev–Trinajstić information content (AvgIpc) is 2.84. The van der Waals surface area contributed by atoms with Gasteiger partial charge in [-0.05, 0) is 26.3 Å². The van der Waals surface area contributed by atoms with E-state index in [0.717, 1.165) is 12.4 Å². The molecular formula is C11H15N3S. The lowest BCUT2D eigenvalue weighted by molar-refractivity contribution is 0.408. The fourth-order valence-corrected chi connectivity index (χ4v) is 3.23. The molecule has 0 spiro atoms. The summed E-state index contributed by atoms with van der Waals surface area (Å²) in [5.74, 6) is 1.11. The van der Waals surface area contributed by atoms with Crippen LogP contribution in [0.3, 0.4) is 0 Å². The third kappa shape index (κ3) is 1.48. The van der Waals surface area contributed by atoms with Gasteiger partial charge in [0.25, 0.3) is 0 Å². The number of imidazole rings is 1. The number of thiazole rings is 1. The highest BCUT2D eigenvalue weighted by Crippen LogP contribution is 2.28. The van der Waals surface area contributed by atoms with E-state index >= 15 is 0 Å². The van der Waals surface area contributed by atoms with Crippen LogP contribution in [0.2, 0.25) is 0 Å². The Labute approximate surface area is 93.1 Å². The van der Waals surface area contributed by atoms with Gasteiger partial charge in [0.15, 0.2) is 0 Å². The first-order valence-electron chi connectivity index (χ1n) is 5.51. The van der Waals surface area contributed by atoms with Crippen LogP contribution in [-0.2, 0) is 0 Å². The molecule has 0 radical (unpaired) electrons. The number of aromatic nitrogens is 2. The number of nitrogens with zero attached hydrogens (tertiary/aromatic N) is 2. The van der Waals surface area contributed by atoms with Gasteiger partial charge in [0.2, 0.25) is 0 Å². The Hall–Kier alpha value is -0.870. The topological polar surface area (TPSA) is 29.3 Å². The number of nitrogens with one attached hydrogen (secondary N) is 1. The van der Waals surface area contributed by atoms with Crippen molar-refractivity contribution in [1.82, 2.24) is 14.7 Å². The van der Waals surface area contributed by atoms with Crippen LogP contribution in [0.4, 0.5) is 0 Å². The van der Waals surface area contributed by atoms with Gasteiger partial charge in [-0.25, -0.2) is 4.98 Å². The molecule has 1 saturated heterocycles. The Bertz CT molecular complexity index is 465. The first kappa shape index (κ1) is 9.36. The van der Waals surface area contributed by atoms with Crippen molar-refractivity contribution in [3.8, 4) is 0 Å². The molecule has 2 aromatic heterocycles. The third-order valence-electron chi connectivity index (χ3n) is 3.10. The Balaban J connectivity index is 2.05. The van der Waals surface area contributed by atoms with Gasteiger partial charge in [-0.15, -0.1) is 11.3 Å². The largest absolute Gasteiger partial charge is 0.309 e. The summed E-state index contributed by atoms with van der Waals surface area (Å²) in [6, 6.07) is 0.473. The second-order valence-electron chi connectivity index (χ2n) is 4.12. The van der Waals surface area contributed by atoms with E-state index in [1.807, 2.05) is 0 Å². The predicted molar refractivity (Wildman–Crippen MR) is 62.4 cm³/mol. The minimum absolute atomic E-state index is 0.473. The molecule has 0 saturated carbocycles. The van der Waals surface area contributed by atoms with E-state index in [1.54, 1.807) is 11.3 Å². The lowest BCUT2D eigenvalue weighted by Crippen LogP contribution is -2.27. The Morgan fingerprint density at radius 3 is 3.27 bits per heavy atom. The molecule has 2 aromatic rings. The maximum Gasteiger partial charge on any atom is 0.124 e. The molecule has 1 fully saturated rings. The summed E-state index contributed by atoms with van der Waals surface area (Å²) < 4.78 is 2.19. The molecule has 4 heteroatoms. The standard InChI is InChI=1S/C11H15N3S/c1-8-13-10(9-4-2-3-5-12-9)11-14(8)6-7-15-11/h6-7,9,12H,2-5H2,1H3. The maximum atomic E-state index is 4.68. The van der Waals surface area contributed by atoms with Crippen molar-refractivity contribution in [2.45, 2.75) is 32.2 Å². The summed E-state index contributed by atoms with van der Waals surface area (Å²) in [4.78, 5) is 6.00. The number of fused-ring (bicyclic) bond motifs is 1. The van der Waals surface area contributed by atoms with Gasteiger partial charge in [0.05, 0.1) is 11.7 Å². The first-order valence-corrected chi connectivity index (χ1v) is 6.39. The molecule has 1 aliphatic rings. The highest BCUT2D eigenvalue weighted by molar-refractivity contribution is 7.15. The molecule has 3 rings (SSSR count). The molecule has 1 aliphatic heterocycles. The van der Waals surface area contributed by atoms with E-state index in [-0.39, 0.29) is 0 Å². The summed E-state index contributed by atoms with van der Waals surface area (Å²) in [5.41, 5.74) is 1.25. The lowest BCUT2D eigenvalue weighted by atomic mass is 10.0. The minimum atomic E-state index is 0.473. The van der Waals surface area contributed by atoms with Gasteiger partial charge >= 0.3 is 0 Å². The maximum absolute atomic E-state index is 4.68. The summed E-state index contributed by atoms with van der Waals surface area (Å²) in [6.07, 6.45) is 5.96. The number of hydrogen-bond acceptors (Lipinski definition) is 3. The third-order valence-corrected chi connectivity index (χ3v) is 3.99. The van der Waals surface area contributed by atoms with Gasteiger partial charge < -0.3 is 5.32 Å². The van der Waals surface area contributed by atoms with Crippen LogP contribution in [0.15, 0.2) is 11.6 Å². The van der Waals surface area contributed by atoms with E-state index in [9.17, 15) is 0 Å². The number of piperidine rings is 1. The second kappa shape index (κ2) is 3.61. The van der Waals surface area contributed by atoms with Crippen LogP contribution in [0.5, 0.6) is 0 Å². The van der Waals surface area contributed by atoms with E-state index in [0.29, 0.717) is 6.04 Å². The molecule has 0 bridgehead atoms. The van der Waals surface area contributed by atoms with Crippen LogP contribution in [0.25, 0.3) is 4.83 Å². The molecule has 0 amide bonds. The number of rotatable bonds is 1.